The lowest BCUT2D eigenvalue weighted by Crippen LogP contribution is -2.61. The number of amides is 1. The highest BCUT2D eigenvalue weighted by Gasteiger charge is 2.62. The maximum atomic E-state index is 13.2. The Labute approximate surface area is 144 Å². The molecule has 0 aromatic carbocycles. The van der Waals surface area contributed by atoms with E-state index < -0.39 is 0 Å². The zero-order chi connectivity index (χ0) is 16.3. The van der Waals surface area contributed by atoms with Crippen molar-refractivity contribution in [3.8, 4) is 0 Å². The van der Waals surface area contributed by atoms with E-state index in [1.165, 1.54) is 19.3 Å². The number of rotatable bonds is 1. The zero-order valence-electron chi connectivity index (χ0n) is 14.3. The van der Waals surface area contributed by atoms with E-state index in [2.05, 4.69) is 24.1 Å². The Hall–Kier alpha value is -0.680. The van der Waals surface area contributed by atoms with Gasteiger partial charge in [0.25, 0.3) is 0 Å². The van der Waals surface area contributed by atoms with E-state index in [-0.39, 0.29) is 11.3 Å². The maximum Gasteiger partial charge on any atom is 0.232 e. The quantitative estimate of drug-likeness (QED) is 0.748. The highest BCUT2D eigenvalue weighted by molar-refractivity contribution is 7.80. The molecule has 23 heavy (non-hydrogen) atoms. The number of carbonyl (C=O) groups excluding carboxylic acids is 1. The van der Waals surface area contributed by atoms with E-state index in [4.69, 9.17) is 17.0 Å². The van der Waals surface area contributed by atoms with Crippen LogP contribution in [0.4, 0.5) is 0 Å². The number of morpholine rings is 1. The Balaban J connectivity index is 1.50. The first-order valence-electron chi connectivity index (χ1n) is 9.00. The van der Waals surface area contributed by atoms with Crippen LogP contribution in [0, 0.1) is 22.2 Å². The normalized spacial score (nSPS) is 45.1. The van der Waals surface area contributed by atoms with Gasteiger partial charge in [0.1, 0.15) is 0 Å². The molecule has 4 saturated carbocycles. The molecule has 4 aliphatic carbocycles. The minimum absolute atomic E-state index is 0.181. The summed E-state index contributed by atoms with van der Waals surface area (Å²) in [5, 5.41) is 3.71. The molecule has 5 heteroatoms. The van der Waals surface area contributed by atoms with Gasteiger partial charge in [-0.15, -0.1) is 0 Å². The van der Waals surface area contributed by atoms with Crippen LogP contribution in [0.5, 0.6) is 0 Å². The molecule has 0 aromatic heterocycles. The van der Waals surface area contributed by atoms with Crippen molar-refractivity contribution in [3.63, 3.8) is 0 Å². The van der Waals surface area contributed by atoms with Gasteiger partial charge in [0.15, 0.2) is 5.11 Å². The second-order valence-corrected chi connectivity index (χ2v) is 9.66. The molecule has 5 rings (SSSR count). The van der Waals surface area contributed by atoms with Gasteiger partial charge in [0.2, 0.25) is 5.91 Å². The predicted molar refractivity (Wildman–Crippen MR) is 93.0 cm³/mol. The van der Waals surface area contributed by atoms with Gasteiger partial charge < -0.3 is 15.0 Å². The van der Waals surface area contributed by atoms with Crippen molar-refractivity contribution < 1.29 is 9.53 Å². The molecule has 0 unspecified atom stereocenters. The van der Waals surface area contributed by atoms with Gasteiger partial charge in [-0.05, 0) is 67.5 Å². The van der Waals surface area contributed by atoms with Crippen molar-refractivity contribution >= 4 is 23.2 Å². The third kappa shape index (κ3) is 2.70. The molecule has 5 fully saturated rings. The highest BCUT2D eigenvalue weighted by atomic mass is 32.1. The van der Waals surface area contributed by atoms with Crippen LogP contribution >= 0.6 is 12.2 Å². The van der Waals surface area contributed by atoms with E-state index in [1.807, 2.05) is 0 Å². The molecular formula is C18H28N2O2S. The van der Waals surface area contributed by atoms with Crippen LogP contribution < -0.4 is 5.32 Å². The number of nitrogens with zero attached hydrogens (tertiary/aromatic N) is 1. The lowest BCUT2D eigenvalue weighted by atomic mass is 9.40. The molecule has 1 amide bonds. The summed E-state index contributed by atoms with van der Waals surface area (Å²) in [5.74, 6) is 0.916. The first kappa shape index (κ1) is 15.8. The molecule has 1 heterocycles. The van der Waals surface area contributed by atoms with Crippen molar-refractivity contribution in [2.24, 2.45) is 22.2 Å². The third-order valence-electron chi connectivity index (χ3n) is 6.63. The predicted octanol–water partition coefficient (Wildman–Crippen LogP) is 2.72. The summed E-state index contributed by atoms with van der Waals surface area (Å²) in [6.45, 7) is 7.75. The Bertz CT molecular complexity index is 525. The molecule has 2 atom stereocenters. The van der Waals surface area contributed by atoms with Crippen LogP contribution in [0.15, 0.2) is 0 Å². The van der Waals surface area contributed by atoms with Crippen molar-refractivity contribution in [1.29, 1.82) is 0 Å². The second kappa shape index (κ2) is 5.16. The summed E-state index contributed by atoms with van der Waals surface area (Å²) in [4.78, 5) is 15.2. The summed E-state index contributed by atoms with van der Waals surface area (Å²) in [6, 6.07) is 0. The SMILES string of the molecule is C[C@@]12CC3CC(C(=O)NC(=S)N4CCOCC4)(C1)C[C@@](C)(C3)C2. The van der Waals surface area contributed by atoms with Crippen molar-refractivity contribution in [2.75, 3.05) is 26.3 Å². The largest absolute Gasteiger partial charge is 0.378 e. The Morgan fingerprint density at radius 3 is 2.26 bits per heavy atom. The molecular weight excluding hydrogens is 308 g/mol. The number of thiocarbonyl (C=S) groups is 1. The third-order valence-corrected chi connectivity index (χ3v) is 6.99. The van der Waals surface area contributed by atoms with E-state index in [1.54, 1.807) is 0 Å². The average Bonchev–Trinajstić information content (AvgIpc) is 2.44. The first-order chi connectivity index (χ1) is 10.8. The van der Waals surface area contributed by atoms with E-state index in [9.17, 15) is 4.79 Å². The van der Waals surface area contributed by atoms with Gasteiger partial charge in [0.05, 0.1) is 18.6 Å². The van der Waals surface area contributed by atoms with Gasteiger partial charge in [-0.1, -0.05) is 13.8 Å². The molecule has 1 N–H and O–H groups in total. The summed E-state index contributed by atoms with van der Waals surface area (Å²) < 4.78 is 5.37. The first-order valence-corrected chi connectivity index (χ1v) is 9.41. The molecule has 0 radical (unpaired) electrons. The molecule has 128 valence electrons. The van der Waals surface area contributed by atoms with Crippen LogP contribution in [0.3, 0.4) is 0 Å². The van der Waals surface area contributed by atoms with Crippen molar-refractivity contribution in [3.05, 3.63) is 0 Å². The molecule has 4 bridgehead atoms. The van der Waals surface area contributed by atoms with Gasteiger partial charge >= 0.3 is 0 Å². The number of hydrogen-bond acceptors (Lipinski definition) is 3. The van der Waals surface area contributed by atoms with Crippen LogP contribution in [0.2, 0.25) is 0 Å². The Kier molecular flexibility index (Phi) is 3.55. The number of carbonyl (C=O) groups is 1. The lowest BCUT2D eigenvalue weighted by Gasteiger charge is -2.64. The van der Waals surface area contributed by atoms with Crippen molar-refractivity contribution in [1.82, 2.24) is 10.2 Å². The average molecular weight is 337 g/mol. The lowest BCUT2D eigenvalue weighted by molar-refractivity contribution is -0.169. The fraction of sp³-hybridized carbons (Fsp3) is 0.889. The summed E-state index contributed by atoms with van der Waals surface area (Å²) in [7, 11) is 0. The zero-order valence-corrected chi connectivity index (χ0v) is 15.1. The van der Waals surface area contributed by atoms with Crippen LogP contribution in [0.25, 0.3) is 0 Å². The minimum atomic E-state index is -0.181. The molecule has 4 nitrogen and oxygen atoms in total. The van der Waals surface area contributed by atoms with Gasteiger partial charge in [-0.3, -0.25) is 4.79 Å². The number of hydrogen-bond donors (Lipinski definition) is 1. The summed E-state index contributed by atoms with van der Waals surface area (Å²) >= 11 is 5.50. The standard InChI is InChI=1S/C18H28N2O2S/c1-16-7-13-8-17(2,10-16)12-18(9-13,11-16)14(21)19-15(23)20-3-5-22-6-4-20/h13H,3-12H2,1-2H3,(H,19,21,23)/t13?,16-,17-,18?/m0/s1. The Morgan fingerprint density at radius 1 is 1.09 bits per heavy atom. The fourth-order valence-corrected chi connectivity index (χ4v) is 7.05. The minimum Gasteiger partial charge on any atom is -0.378 e. The maximum absolute atomic E-state index is 13.2. The summed E-state index contributed by atoms with van der Waals surface area (Å²) in [5.41, 5.74) is 0.525. The molecule has 5 aliphatic rings. The molecule has 0 aromatic rings. The summed E-state index contributed by atoms with van der Waals surface area (Å²) in [6.07, 6.45) is 7.07. The number of ether oxygens (including phenoxy) is 1. The monoisotopic (exact) mass is 336 g/mol. The van der Waals surface area contributed by atoms with Crippen LogP contribution in [-0.4, -0.2) is 42.2 Å². The van der Waals surface area contributed by atoms with E-state index in [0.717, 1.165) is 38.3 Å². The van der Waals surface area contributed by atoms with Crippen LogP contribution in [-0.2, 0) is 9.53 Å². The van der Waals surface area contributed by atoms with Crippen molar-refractivity contribution in [2.45, 2.75) is 52.4 Å². The smallest absolute Gasteiger partial charge is 0.232 e. The van der Waals surface area contributed by atoms with Gasteiger partial charge in [-0.2, -0.15) is 0 Å². The highest BCUT2D eigenvalue weighted by Crippen LogP contribution is 2.69. The fourth-order valence-electron chi connectivity index (χ4n) is 6.78. The second-order valence-electron chi connectivity index (χ2n) is 9.27. The Morgan fingerprint density at radius 2 is 1.70 bits per heavy atom. The molecule has 1 saturated heterocycles. The van der Waals surface area contributed by atoms with E-state index >= 15 is 0 Å². The van der Waals surface area contributed by atoms with Crippen LogP contribution in [0.1, 0.15) is 52.4 Å². The van der Waals surface area contributed by atoms with E-state index in [0.29, 0.717) is 29.2 Å². The number of nitrogens with one attached hydrogen (secondary N) is 1. The topological polar surface area (TPSA) is 41.6 Å². The van der Waals surface area contributed by atoms with Gasteiger partial charge in [-0.25, -0.2) is 0 Å². The van der Waals surface area contributed by atoms with Gasteiger partial charge in [0, 0.05) is 13.1 Å². The molecule has 1 aliphatic heterocycles. The molecule has 0 spiro atoms.